The summed E-state index contributed by atoms with van der Waals surface area (Å²) in [6, 6.07) is 10.3. The largest absolute Gasteiger partial charge is 0.429 e. The summed E-state index contributed by atoms with van der Waals surface area (Å²) >= 11 is 0. The Morgan fingerprint density at radius 3 is 2.71 bits per heavy atom. The van der Waals surface area contributed by atoms with E-state index in [9.17, 15) is 4.79 Å². The molecule has 0 aliphatic carbocycles. The van der Waals surface area contributed by atoms with E-state index in [1.54, 1.807) is 19.0 Å². The van der Waals surface area contributed by atoms with Gasteiger partial charge in [-0.3, -0.25) is 4.90 Å². The number of hydrogen-bond acceptors (Lipinski definition) is 3. The van der Waals surface area contributed by atoms with E-state index in [0.29, 0.717) is 0 Å². The van der Waals surface area contributed by atoms with Gasteiger partial charge in [-0.25, -0.2) is 4.79 Å². The smallest absolute Gasteiger partial charge is 0.351 e. The predicted molar refractivity (Wildman–Crippen MR) is 65.3 cm³/mol. The Morgan fingerprint density at radius 1 is 1.35 bits per heavy atom. The van der Waals surface area contributed by atoms with Gasteiger partial charge in [-0.2, -0.15) is 0 Å². The second-order valence-corrected chi connectivity index (χ2v) is 4.43. The van der Waals surface area contributed by atoms with Crippen LogP contribution in [0.15, 0.2) is 30.3 Å². The van der Waals surface area contributed by atoms with Crippen molar-refractivity contribution in [3.05, 3.63) is 35.9 Å². The van der Waals surface area contributed by atoms with Crippen molar-refractivity contribution in [2.75, 3.05) is 20.6 Å². The zero-order chi connectivity index (χ0) is 12.3. The summed E-state index contributed by atoms with van der Waals surface area (Å²) < 4.78 is 0. The first-order valence-corrected chi connectivity index (χ1v) is 5.89. The second-order valence-electron chi connectivity index (χ2n) is 4.43. The van der Waals surface area contributed by atoms with E-state index in [-0.39, 0.29) is 12.1 Å². The molecular formula is C13H18N2O2. The molecule has 1 saturated heterocycles. The molecule has 2 rings (SSSR count). The van der Waals surface area contributed by atoms with Crippen LogP contribution in [-0.2, 0) is 4.84 Å². The molecule has 1 aliphatic heterocycles. The number of rotatable bonds is 2. The molecule has 92 valence electrons. The molecule has 0 spiro atoms. The molecule has 1 heterocycles. The van der Waals surface area contributed by atoms with Crippen molar-refractivity contribution >= 4 is 6.09 Å². The number of carbonyl (C=O) groups excluding carboxylic acids is 1. The molecule has 1 unspecified atom stereocenters. The van der Waals surface area contributed by atoms with Gasteiger partial charge in [0, 0.05) is 20.6 Å². The number of hydrogen-bond donors (Lipinski definition) is 0. The molecule has 1 aromatic rings. The Labute approximate surface area is 102 Å². The van der Waals surface area contributed by atoms with Gasteiger partial charge < -0.3 is 4.84 Å². The molecule has 0 aromatic heterocycles. The van der Waals surface area contributed by atoms with Crippen LogP contribution in [0.25, 0.3) is 0 Å². The molecule has 1 atom stereocenters. The third kappa shape index (κ3) is 2.77. The highest BCUT2D eigenvalue weighted by Crippen LogP contribution is 2.32. The minimum Gasteiger partial charge on any atom is -0.351 e. The summed E-state index contributed by atoms with van der Waals surface area (Å²) in [5.41, 5.74) is 1.18. The maximum Gasteiger partial charge on any atom is 0.429 e. The van der Waals surface area contributed by atoms with Gasteiger partial charge in [-0.05, 0) is 18.4 Å². The number of likely N-dealkylation sites (tertiary alicyclic amines) is 1. The van der Waals surface area contributed by atoms with Gasteiger partial charge in [0.1, 0.15) is 0 Å². The summed E-state index contributed by atoms with van der Waals surface area (Å²) in [5, 5.41) is 1.43. The molecule has 1 amide bonds. The first kappa shape index (κ1) is 11.9. The van der Waals surface area contributed by atoms with E-state index in [1.165, 1.54) is 10.6 Å². The molecule has 0 radical (unpaired) electrons. The van der Waals surface area contributed by atoms with E-state index in [1.807, 2.05) is 18.2 Å². The van der Waals surface area contributed by atoms with Gasteiger partial charge in [-0.15, -0.1) is 5.06 Å². The molecular weight excluding hydrogens is 216 g/mol. The van der Waals surface area contributed by atoms with Gasteiger partial charge >= 0.3 is 6.09 Å². The number of nitrogens with zero attached hydrogens (tertiary/aromatic N) is 2. The molecule has 4 nitrogen and oxygen atoms in total. The zero-order valence-electron chi connectivity index (χ0n) is 10.3. The highest BCUT2D eigenvalue weighted by Gasteiger charge is 2.31. The molecule has 0 N–H and O–H groups in total. The van der Waals surface area contributed by atoms with Crippen molar-refractivity contribution in [1.29, 1.82) is 0 Å². The van der Waals surface area contributed by atoms with Crippen molar-refractivity contribution in [2.45, 2.75) is 18.9 Å². The van der Waals surface area contributed by atoms with Crippen molar-refractivity contribution in [3.8, 4) is 0 Å². The number of amides is 1. The molecule has 1 aromatic carbocycles. The van der Waals surface area contributed by atoms with Crippen molar-refractivity contribution in [2.24, 2.45) is 0 Å². The van der Waals surface area contributed by atoms with Crippen LogP contribution >= 0.6 is 0 Å². The molecule has 1 aliphatic rings. The highest BCUT2D eigenvalue weighted by molar-refractivity contribution is 5.68. The maximum absolute atomic E-state index is 11.9. The van der Waals surface area contributed by atoms with Crippen LogP contribution in [0.4, 0.5) is 4.79 Å². The van der Waals surface area contributed by atoms with Crippen LogP contribution in [0.2, 0.25) is 0 Å². The quantitative estimate of drug-likeness (QED) is 0.737. The maximum atomic E-state index is 11.9. The van der Waals surface area contributed by atoms with Crippen LogP contribution < -0.4 is 0 Å². The van der Waals surface area contributed by atoms with Crippen LogP contribution in [0.5, 0.6) is 0 Å². The van der Waals surface area contributed by atoms with Gasteiger partial charge in [0.15, 0.2) is 0 Å². The lowest BCUT2D eigenvalue weighted by atomic mass is 10.1. The lowest BCUT2D eigenvalue weighted by Gasteiger charge is -2.25. The Hall–Kier alpha value is -1.55. The van der Waals surface area contributed by atoms with E-state index in [4.69, 9.17) is 4.84 Å². The highest BCUT2D eigenvalue weighted by atomic mass is 16.7. The lowest BCUT2D eigenvalue weighted by molar-refractivity contribution is -0.0729. The van der Waals surface area contributed by atoms with Gasteiger partial charge in [-0.1, -0.05) is 30.3 Å². The molecule has 0 saturated carbocycles. The van der Waals surface area contributed by atoms with Crippen LogP contribution in [0.1, 0.15) is 24.4 Å². The Balaban J connectivity index is 2.10. The Kier molecular flexibility index (Phi) is 3.64. The summed E-state index contributed by atoms with van der Waals surface area (Å²) in [7, 11) is 3.43. The van der Waals surface area contributed by atoms with E-state index in [2.05, 4.69) is 12.1 Å². The number of carbonyl (C=O) groups is 1. The van der Waals surface area contributed by atoms with E-state index in [0.717, 1.165) is 19.4 Å². The van der Waals surface area contributed by atoms with Crippen molar-refractivity contribution in [3.63, 3.8) is 0 Å². The molecule has 4 heteroatoms. The summed E-state index contributed by atoms with van der Waals surface area (Å²) in [4.78, 5) is 18.8. The molecule has 0 bridgehead atoms. The van der Waals surface area contributed by atoms with E-state index >= 15 is 0 Å². The van der Waals surface area contributed by atoms with Gasteiger partial charge in [0.05, 0.1) is 6.04 Å². The molecule has 17 heavy (non-hydrogen) atoms. The standard InChI is InChI=1S/C13H18N2O2/c1-14(2)17-13(16)15-10-6-9-12(15)11-7-4-3-5-8-11/h3-5,7-8,12H,6,9-10H2,1-2H3. The average Bonchev–Trinajstić information content (AvgIpc) is 2.78. The van der Waals surface area contributed by atoms with Crippen LogP contribution in [0, 0.1) is 0 Å². The Morgan fingerprint density at radius 2 is 2.06 bits per heavy atom. The predicted octanol–water partition coefficient (Wildman–Crippen LogP) is 2.44. The number of benzene rings is 1. The number of hydroxylamine groups is 2. The van der Waals surface area contributed by atoms with Crippen molar-refractivity contribution < 1.29 is 9.63 Å². The van der Waals surface area contributed by atoms with E-state index < -0.39 is 0 Å². The first-order chi connectivity index (χ1) is 8.18. The topological polar surface area (TPSA) is 32.8 Å². The Bertz CT molecular complexity index is 378. The minimum absolute atomic E-state index is 0.156. The lowest BCUT2D eigenvalue weighted by Crippen LogP contribution is -2.34. The van der Waals surface area contributed by atoms with Crippen LogP contribution in [-0.4, -0.2) is 36.7 Å². The normalized spacial score (nSPS) is 19.7. The van der Waals surface area contributed by atoms with Crippen molar-refractivity contribution in [1.82, 2.24) is 9.96 Å². The fourth-order valence-electron chi connectivity index (χ4n) is 2.22. The molecule has 1 fully saturated rings. The van der Waals surface area contributed by atoms with Gasteiger partial charge in [0.25, 0.3) is 0 Å². The first-order valence-electron chi connectivity index (χ1n) is 5.89. The fourth-order valence-corrected chi connectivity index (χ4v) is 2.22. The summed E-state index contributed by atoms with van der Waals surface area (Å²) in [6.45, 7) is 0.770. The minimum atomic E-state index is -0.263. The second kappa shape index (κ2) is 5.19. The van der Waals surface area contributed by atoms with Crippen LogP contribution in [0.3, 0.4) is 0 Å². The fraction of sp³-hybridized carbons (Fsp3) is 0.462. The third-order valence-corrected chi connectivity index (χ3v) is 2.93. The monoisotopic (exact) mass is 234 g/mol. The SMILES string of the molecule is CN(C)OC(=O)N1CCCC1c1ccccc1. The van der Waals surface area contributed by atoms with Gasteiger partial charge in [0.2, 0.25) is 0 Å². The summed E-state index contributed by atoms with van der Waals surface area (Å²) in [5.74, 6) is 0. The zero-order valence-corrected chi connectivity index (χ0v) is 10.3. The third-order valence-electron chi connectivity index (χ3n) is 2.93. The summed E-state index contributed by atoms with van der Waals surface area (Å²) in [6.07, 6.45) is 1.77. The average molecular weight is 234 g/mol.